The molecule has 2 unspecified atom stereocenters. The van der Waals surface area contributed by atoms with Crippen LogP contribution >= 0.6 is 11.9 Å². The van der Waals surface area contributed by atoms with Crippen molar-refractivity contribution in [3.05, 3.63) is 17.5 Å². The minimum Gasteiger partial charge on any atom is -0.469 e. The van der Waals surface area contributed by atoms with E-state index >= 15 is 0 Å². The summed E-state index contributed by atoms with van der Waals surface area (Å²) in [6.45, 7) is 3.02. The van der Waals surface area contributed by atoms with Crippen molar-refractivity contribution in [1.29, 1.82) is 0 Å². The Labute approximate surface area is 151 Å². The lowest BCUT2D eigenvalue weighted by atomic mass is 10.0. The van der Waals surface area contributed by atoms with Crippen LogP contribution in [0.3, 0.4) is 0 Å². The van der Waals surface area contributed by atoms with Crippen molar-refractivity contribution in [2.75, 3.05) is 19.4 Å². The lowest BCUT2D eigenvalue weighted by Gasteiger charge is -2.36. The second-order valence-corrected chi connectivity index (χ2v) is 7.87. The van der Waals surface area contributed by atoms with Crippen molar-refractivity contribution in [2.45, 2.75) is 57.0 Å². The number of methoxy groups -OCH3 is 1. The van der Waals surface area contributed by atoms with Gasteiger partial charge < -0.3 is 14.6 Å². The summed E-state index contributed by atoms with van der Waals surface area (Å²) in [6, 6.07) is 2.25. The zero-order chi connectivity index (χ0) is 17.8. The van der Waals surface area contributed by atoms with E-state index in [0.717, 1.165) is 43.7 Å². The zero-order valence-electron chi connectivity index (χ0n) is 14.7. The molecule has 0 spiro atoms. The van der Waals surface area contributed by atoms with Crippen LogP contribution in [0.2, 0.25) is 0 Å². The molecule has 1 saturated carbocycles. The Morgan fingerprint density at radius 2 is 2.24 bits per heavy atom. The summed E-state index contributed by atoms with van der Waals surface area (Å²) in [5.74, 6) is 1.67. The number of aromatic nitrogens is 1. The van der Waals surface area contributed by atoms with E-state index in [9.17, 15) is 9.59 Å². The number of amides is 1. The molecule has 3 rings (SSSR count). The second-order valence-electron chi connectivity index (χ2n) is 6.73. The third-order valence-corrected chi connectivity index (χ3v) is 5.94. The Morgan fingerprint density at radius 1 is 1.44 bits per heavy atom. The average Bonchev–Trinajstić information content (AvgIpc) is 3.33. The van der Waals surface area contributed by atoms with Crippen LogP contribution in [0, 0.1) is 0 Å². The van der Waals surface area contributed by atoms with Gasteiger partial charge in [-0.1, -0.05) is 17.1 Å². The molecule has 138 valence electrons. The average molecular weight is 367 g/mol. The molecule has 2 atom stereocenters. The molecule has 1 aromatic heterocycles. The summed E-state index contributed by atoms with van der Waals surface area (Å²) in [7, 11) is 1.41. The number of rotatable bonds is 7. The molecular weight excluding hydrogens is 342 g/mol. The van der Waals surface area contributed by atoms with Gasteiger partial charge in [0.15, 0.2) is 5.69 Å². The minimum absolute atomic E-state index is 0.140. The predicted octanol–water partition coefficient (Wildman–Crippen LogP) is 2.35. The Kier molecular flexibility index (Phi) is 6.01. The molecule has 2 heterocycles. The highest BCUT2D eigenvalue weighted by atomic mass is 32.2. The van der Waals surface area contributed by atoms with Crippen LogP contribution in [-0.4, -0.2) is 52.8 Å². The molecule has 0 radical (unpaired) electrons. The molecule has 1 aromatic rings. The van der Waals surface area contributed by atoms with Gasteiger partial charge in [0, 0.05) is 36.4 Å². The van der Waals surface area contributed by atoms with Gasteiger partial charge in [0.25, 0.3) is 5.91 Å². The molecule has 1 aliphatic heterocycles. The van der Waals surface area contributed by atoms with Crippen molar-refractivity contribution in [2.24, 2.45) is 0 Å². The van der Waals surface area contributed by atoms with Crippen molar-refractivity contribution in [1.82, 2.24) is 14.8 Å². The number of ether oxygens (including phenoxy) is 1. The van der Waals surface area contributed by atoms with E-state index in [1.54, 1.807) is 18.0 Å². The first-order valence-electron chi connectivity index (χ1n) is 8.80. The maximum atomic E-state index is 12.3. The van der Waals surface area contributed by atoms with Crippen LogP contribution in [0.5, 0.6) is 0 Å². The monoisotopic (exact) mass is 367 g/mol. The van der Waals surface area contributed by atoms with Gasteiger partial charge in [-0.2, -0.15) is 0 Å². The van der Waals surface area contributed by atoms with Crippen molar-refractivity contribution in [3.8, 4) is 0 Å². The number of carbonyl (C=O) groups is 2. The number of piperidine rings is 1. The Hall–Kier alpha value is -1.54. The largest absolute Gasteiger partial charge is 0.469 e. The lowest BCUT2D eigenvalue weighted by Crippen LogP contribution is -2.46. The Bertz CT molecular complexity index is 617. The fraction of sp³-hybridized carbons (Fsp3) is 0.706. The number of hydrogen-bond donors (Lipinski definition) is 1. The van der Waals surface area contributed by atoms with Crippen LogP contribution < -0.4 is 5.32 Å². The minimum atomic E-state index is -0.180. The summed E-state index contributed by atoms with van der Waals surface area (Å²) in [4.78, 5) is 23.5. The van der Waals surface area contributed by atoms with Gasteiger partial charge in [-0.25, -0.2) is 4.31 Å². The van der Waals surface area contributed by atoms with Gasteiger partial charge in [-0.05, 0) is 32.6 Å². The molecule has 7 nitrogen and oxygen atoms in total. The maximum Gasteiger partial charge on any atom is 0.306 e. The lowest BCUT2D eigenvalue weighted by molar-refractivity contribution is -0.140. The molecule has 25 heavy (non-hydrogen) atoms. The topological polar surface area (TPSA) is 84.7 Å². The van der Waals surface area contributed by atoms with Crippen molar-refractivity contribution in [3.63, 3.8) is 0 Å². The SMILES string of the molecule is COC(=O)CCSN1CCC(NC(=O)c2cc(C3CC3)on2)CC1C. The Balaban J connectivity index is 1.42. The highest BCUT2D eigenvalue weighted by Crippen LogP contribution is 2.40. The van der Waals surface area contributed by atoms with Crippen LogP contribution in [0.1, 0.15) is 61.2 Å². The molecule has 0 aromatic carbocycles. The number of nitrogens with one attached hydrogen (secondary N) is 1. The molecule has 2 fully saturated rings. The standard InChI is InChI=1S/C17H25N3O4S/c1-11-9-13(5-7-20(11)25-8-6-16(21)23-2)18-17(22)14-10-15(24-19-14)12-3-4-12/h10-13H,3-9H2,1-2H3,(H,18,22). The van der Waals surface area contributed by atoms with Gasteiger partial charge in [0.05, 0.1) is 13.5 Å². The van der Waals surface area contributed by atoms with Crippen molar-refractivity contribution < 1.29 is 18.8 Å². The summed E-state index contributed by atoms with van der Waals surface area (Å²) >= 11 is 1.67. The van der Waals surface area contributed by atoms with E-state index in [1.165, 1.54) is 7.11 Å². The molecule has 2 aliphatic rings. The highest BCUT2D eigenvalue weighted by molar-refractivity contribution is 7.97. The first-order valence-corrected chi connectivity index (χ1v) is 9.75. The van der Waals surface area contributed by atoms with Gasteiger partial charge in [-0.15, -0.1) is 0 Å². The fourth-order valence-electron chi connectivity index (χ4n) is 3.04. The third-order valence-electron chi connectivity index (χ3n) is 4.68. The number of carbonyl (C=O) groups excluding carboxylic acids is 2. The first-order chi connectivity index (χ1) is 12.1. The number of nitrogens with zero attached hydrogens (tertiary/aromatic N) is 2. The molecule has 1 amide bonds. The molecule has 1 aliphatic carbocycles. The summed E-state index contributed by atoms with van der Waals surface area (Å²) in [5.41, 5.74) is 0.379. The van der Waals surface area contributed by atoms with Crippen LogP contribution in [-0.2, 0) is 9.53 Å². The van der Waals surface area contributed by atoms with E-state index in [1.807, 2.05) is 0 Å². The molecule has 0 bridgehead atoms. The highest BCUT2D eigenvalue weighted by Gasteiger charge is 2.30. The number of hydrogen-bond acceptors (Lipinski definition) is 7. The van der Waals surface area contributed by atoms with E-state index in [0.29, 0.717) is 24.1 Å². The molecule has 8 heteroatoms. The number of esters is 1. The smallest absolute Gasteiger partial charge is 0.306 e. The van der Waals surface area contributed by atoms with Gasteiger partial charge >= 0.3 is 5.97 Å². The van der Waals surface area contributed by atoms with Gasteiger partial charge in [0.2, 0.25) is 0 Å². The summed E-state index contributed by atoms with van der Waals surface area (Å²) < 4.78 is 12.2. The molecule has 1 N–H and O–H groups in total. The summed E-state index contributed by atoms with van der Waals surface area (Å²) in [5, 5.41) is 6.97. The van der Waals surface area contributed by atoms with Crippen LogP contribution in [0.15, 0.2) is 10.6 Å². The zero-order valence-corrected chi connectivity index (χ0v) is 15.5. The van der Waals surface area contributed by atoms with E-state index < -0.39 is 0 Å². The van der Waals surface area contributed by atoms with E-state index in [-0.39, 0.29) is 17.9 Å². The molecular formula is C17H25N3O4S. The van der Waals surface area contributed by atoms with Crippen LogP contribution in [0.4, 0.5) is 0 Å². The first kappa shape index (κ1) is 18.3. The van der Waals surface area contributed by atoms with E-state index in [4.69, 9.17) is 4.52 Å². The predicted molar refractivity (Wildman–Crippen MR) is 94.2 cm³/mol. The maximum absolute atomic E-state index is 12.3. The van der Waals surface area contributed by atoms with Gasteiger partial charge in [-0.3, -0.25) is 9.59 Å². The normalized spacial score (nSPS) is 24.1. The van der Waals surface area contributed by atoms with E-state index in [2.05, 4.69) is 26.4 Å². The summed E-state index contributed by atoms with van der Waals surface area (Å²) in [6.07, 6.45) is 4.43. The Morgan fingerprint density at radius 3 is 2.92 bits per heavy atom. The molecule has 1 saturated heterocycles. The van der Waals surface area contributed by atoms with Crippen molar-refractivity contribution >= 4 is 23.8 Å². The van der Waals surface area contributed by atoms with Gasteiger partial charge in [0.1, 0.15) is 5.76 Å². The van der Waals surface area contributed by atoms with Crippen LogP contribution in [0.25, 0.3) is 0 Å². The second kappa shape index (κ2) is 8.23. The quantitative estimate of drug-likeness (QED) is 0.585. The third kappa shape index (κ3) is 4.98. The fourth-order valence-corrected chi connectivity index (χ4v) is 4.11.